The lowest BCUT2D eigenvalue weighted by atomic mass is 10.0. The van der Waals surface area contributed by atoms with Gasteiger partial charge in [0, 0.05) is 25.7 Å². The molecule has 0 spiro atoms. The summed E-state index contributed by atoms with van der Waals surface area (Å²) >= 11 is 0. The summed E-state index contributed by atoms with van der Waals surface area (Å²) in [5.41, 5.74) is 0. The molecule has 2 rings (SSSR count). The summed E-state index contributed by atoms with van der Waals surface area (Å²) in [6, 6.07) is 0.0715. The second-order valence-electron chi connectivity index (χ2n) is 4.92. The highest BCUT2D eigenvalue weighted by atomic mass is 32.2. The maximum atomic E-state index is 12.1. The average molecular weight is 247 g/mol. The Balaban J connectivity index is 1.94. The Kier molecular flexibility index (Phi) is 3.84. The Labute approximate surface area is 97.8 Å². The molecule has 2 atom stereocenters. The second-order valence-corrected chi connectivity index (χ2v) is 6.62. The fraction of sp³-hybridized carbons (Fsp3) is 1.00. The predicted molar refractivity (Wildman–Crippen MR) is 63.3 cm³/mol. The van der Waals surface area contributed by atoms with Gasteiger partial charge in [-0.1, -0.05) is 6.92 Å². The van der Waals surface area contributed by atoms with Gasteiger partial charge in [0.25, 0.3) is 10.2 Å². The molecule has 2 saturated heterocycles. The van der Waals surface area contributed by atoms with Crippen LogP contribution in [0.2, 0.25) is 0 Å². The van der Waals surface area contributed by atoms with Gasteiger partial charge in [-0.3, -0.25) is 0 Å². The Morgan fingerprint density at radius 3 is 2.81 bits per heavy atom. The van der Waals surface area contributed by atoms with Gasteiger partial charge < -0.3 is 5.32 Å². The van der Waals surface area contributed by atoms with Crippen molar-refractivity contribution in [3.63, 3.8) is 0 Å². The molecule has 2 fully saturated rings. The van der Waals surface area contributed by atoms with Crippen LogP contribution in [0, 0.1) is 5.92 Å². The predicted octanol–water partition coefficient (Wildman–Crippen LogP) is -0.0854. The van der Waals surface area contributed by atoms with Crippen molar-refractivity contribution < 1.29 is 8.42 Å². The van der Waals surface area contributed by atoms with Crippen LogP contribution in [0.5, 0.6) is 0 Å². The molecule has 0 aromatic heterocycles. The standard InChI is InChI=1S/C10H21N3O2S/c1-9-3-2-6-13(8-9)16(14,15)12-10-4-5-11-7-10/h9-12H,2-8H2,1H3. The number of hydrogen-bond acceptors (Lipinski definition) is 3. The van der Waals surface area contributed by atoms with Crippen LogP contribution >= 0.6 is 0 Å². The highest BCUT2D eigenvalue weighted by molar-refractivity contribution is 7.87. The van der Waals surface area contributed by atoms with E-state index in [-0.39, 0.29) is 6.04 Å². The summed E-state index contributed by atoms with van der Waals surface area (Å²) < 4.78 is 28.5. The van der Waals surface area contributed by atoms with Gasteiger partial charge >= 0.3 is 0 Å². The third-order valence-electron chi connectivity index (χ3n) is 3.34. The molecule has 6 heteroatoms. The summed E-state index contributed by atoms with van der Waals surface area (Å²) in [6.45, 7) is 5.10. The van der Waals surface area contributed by atoms with Crippen molar-refractivity contribution in [3.05, 3.63) is 0 Å². The van der Waals surface area contributed by atoms with Crippen LogP contribution < -0.4 is 10.0 Å². The lowest BCUT2D eigenvalue weighted by Gasteiger charge is -2.30. The van der Waals surface area contributed by atoms with E-state index in [4.69, 9.17) is 0 Å². The van der Waals surface area contributed by atoms with Crippen LogP contribution in [-0.2, 0) is 10.2 Å². The SMILES string of the molecule is CC1CCCN(S(=O)(=O)NC2CCNC2)C1. The maximum absolute atomic E-state index is 12.1. The van der Waals surface area contributed by atoms with Gasteiger partial charge in [-0.05, 0) is 31.7 Å². The molecule has 0 aliphatic carbocycles. The molecular weight excluding hydrogens is 226 g/mol. The van der Waals surface area contributed by atoms with Crippen molar-refractivity contribution in [2.75, 3.05) is 26.2 Å². The molecule has 5 nitrogen and oxygen atoms in total. The van der Waals surface area contributed by atoms with Crippen molar-refractivity contribution in [2.45, 2.75) is 32.2 Å². The molecule has 0 amide bonds. The van der Waals surface area contributed by atoms with Crippen LogP contribution in [0.3, 0.4) is 0 Å². The van der Waals surface area contributed by atoms with E-state index in [9.17, 15) is 8.42 Å². The smallest absolute Gasteiger partial charge is 0.279 e. The molecule has 2 unspecified atom stereocenters. The first-order valence-electron chi connectivity index (χ1n) is 6.06. The summed E-state index contributed by atoms with van der Waals surface area (Å²) in [5, 5.41) is 3.16. The molecular formula is C10H21N3O2S. The summed E-state index contributed by atoms with van der Waals surface area (Å²) in [5.74, 6) is 0.479. The van der Waals surface area contributed by atoms with Gasteiger partial charge in [-0.2, -0.15) is 17.4 Å². The van der Waals surface area contributed by atoms with Crippen LogP contribution in [-0.4, -0.2) is 44.9 Å². The zero-order chi connectivity index (χ0) is 11.6. The maximum Gasteiger partial charge on any atom is 0.279 e. The molecule has 2 aliphatic heterocycles. The summed E-state index contributed by atoms with van der Waals surface area (Å²) in [4.78, 5) is 0. The molecule has 0 aromatic carbocycles. The van der Waals surface area contributed by atoms with E-state index in [1.54, 1.807) is 4.31 Å². The van der Waals surface area contributed by atoms with E-state index < -0.39 is 10.2 Å². The molecule has 0 radical (unpaired) electrons. The Morgan fingerprint density at radius 1 is 1.38 bits per heavy atom. The van der Waals surface area contributed by atoms with Crippen molar-refractivity contribution >= 4 is 10.2 Å². The van der Waals surface area contributed by atoms with Crippen molar-refractivity contribution in [2.24, 2.45) is 5.92 Å². The number of nitrogens with one attached hydrogen (secondary N) is 2. The molecule has 0 aromatic rings. The van der Waals surface area contributed by atoms with Crippen LogP contribution in [0.4, 0.5) is 0 Å². The number of piperidine rings is 1. The van der Waals surface area contributed by atoms with Gasteiger partial charge in [0.2, 0.25) is 0 Å². The lowest BCUT2D eigenvalue weighted by molar-refractivity contribution is 0.277. The highest BCUT2D eigenvalue weighted by Crippen LogP contribution is 2.18. The van der Waals surface area contributed by atoms with Crippen molar-refractivity contribution in [3.8, 4) is 0 Å². The number of rotatable bonds is 3. The Bertz CT molecular complexity index is 325. The minimum absolute atomic E-state index is 0.0715. The lowest BCUT2D eigenvalue weighted by Crippen LogP contribution is -2.49. The van der Waals surface area contributed by atoms with E-state index in [0.717, 1.165) is 32.4 Å². The topological polar surface area (TPSA) is 61.4 Å². The van der Waals surface area contributed by atoms with E-state index >= 15 is 0 Å². The molecule has 0 saturated carbocycles. The molecule has 94 valence electrons. The third-order valence-corrected chi connectivity index (χ3v) is 4.98. The average Bonchev–Trinajstić information content (AvgIpc) is 2.70. The first-order valence-corrected chi connectivity index (χ1v) is 7.50. The first-order chi connectivity index (χ1) is 7.58. The van der Waals surface area contributed by atoms with E-state index in [0.29, 0.717) is 19.0 Å². The quantitative estimate of drug-likeness (QED) is 0.733. The van der Waals surface area contributed by atoms with E-state index in [2.05, 4.69) is 17.0 Å². The second kappa shape index (κ2) is 5.00. The number of hydrogen-bond donors (Lipinski definition) is 2. The van der Waals surface area contributed by atoms with Crippen LogP contribution in [0.25, 0.3) is 0 Å². The summed E-state index contributed by atoms with van der Waals surface area (Å²) in [7, 11) is -3.26. The zero-order valence-corrected chi connectivity index (χ0v) is 10.6. The van der Waals surface area contributed by atoms with Crippen LogP contribution in [0.15, 0.2) is 0 Å². The fourth-order valence-electron chi connectivity index (χ4n) is 2.41. The number of nitrogens with zero attached hydrogens (tertiary/aromatic N) is 1. The van der Waals surface area contributed by atoms with E-state index in [1.165, 1.54) is 0 Å². The van der Waals surface area contributed by atoms with Crippen molar-refractivity contribution in [1.82, 2.24) is 14.3 Å². The minimum Gasteiger partial charge on any atom is -0.315 e. The largest absolute Gasteiger partial charge is 0.315 e. The molecule has 2 aliphatic rings. The van der Waals surface area contributed by atoms with Crippen LogP contribution in [0.1, 0.15) is 26.2 Å². The fourth-order valence-corrected chi connectivity index (χ4v) is 4.00. The normalized spacial score (nSPS) is 33.1. The van der Waals surface area contributed by atoms with Gasteiger partial charge in [0.05, 0.1) is 0 Å². The molecule has 16 heavy (non-hydrogen) atoms. The monoisotopic (exact) mass is 247 g/mol. The molecule has 0 bridgehead atoms. The van der Waals surface area contributed by atoms with Gasteiger partial charge in [-0.15, -0.1) is 0 Å². The van der Waals surface area contributed by atoms with Gasteiger partial charge in [0.1, 0.15) is 0 Å². The van der Waals surface area contributed by atoms with Gasteiger partial charge in [-0.25, -0.2) is 0 Å². The van der Waals surface area contributed by atoms with E-state index in [1.807, 2.05) is 0 Å². The Morgan fingerprint density at radius 2 is 2.19 bits per heavy atom. The van der Waals surface area contributed by atoms with Gasteiger partial charge in [0.15, 0.2) is 0 Å². The first kappa shape index (κ1) is 12.3. The molecule has 2 N–H and O–H groups in total. The third kappa shape index (κ3) is 2.94. The Hall–Kier alpha value is -0.170. The zero-order valence-electron chi connectivity index (χ0n) is 9.78. The highest BCUT2D eigenvalue weighted by Gasteiger charge is 2.29. The molecule has 2 heterocycles. The van der Waals surface area contributed by atoms with Crippen molar-refractivity contribution in [1.29, 1.82) is 0 Å². The minimum atomic E-state index is -3.26. The summed E-state index contributed by atoms with van der Waals surface area (Å²) in [6.07, 6.45) is 3.00.